The Labute approximate surface area is 112 Å². The third-order valence-corrected chi connectivity index (χ3v) is 3.82. The second-order valence-corrected chi connectivity index (χ2v) is 5.29. The molecular formula is C11H9N3O2S2. The van der Waals surface area contributed by atoms with Crippen LogP contribution in [0.3, 0.4) is 0 Å². The zero-order chi connectivity index (χ0) is 12.8. The van der Waals surface area contributed by atoms with Crippen LogP contribution in [0.15, 0.2) is 40.2 Å². The molecule has 0 spiro atoms. The van der Waals surface area contributed by atoms with E-state index in [9.17, 15) is 9.59 Å². The number of carbonyl (C=O) groups is 2. The van der Waals surface area contributed by atoms with Gasteiger partial charge in [-0.1, -0.05) is 41.3 Å². The van der Waals surface area contributed by atoms with Crippen LogP contribution in [0.4, 0.5) is 0 Å². The fraction of sp³-hybridized carbons (Fsp3) is 0.0909. The quantitative estimate of drug-likeness (QED) is 0.860. The van der Waals surface area contributed by atoms with Gasteiger partial charge in [-0.25, -0.2) is 0 Å². The Morgan fingerprint density at radius 3 is 2.72 bits per heavy atom. The van der Waals surface area contributed by atoms with Crippen LogP contribution in [0.2, 0.25) is 0 Å². The Bertz CT molecular complexity index is 528. The molecular weight excluding hydrogens is 270 g/mol. The maximum atomic E-state index is 11.6. The molecule has 92 valence electrons. The molecule has 0 saturated heterocycles. The summed E-state index contributed by atoms with van der Waals surface area (Å²) < 4.78 is 0.706. The molecule has 18 heavy (non-hydrogen) atoms. The lowest BCUT2D eigenvalue weighted by Crippen LogP contribution is -2.31. The van der Waals surface area contributed by atoms with Crippen molar-refractivity contribution >= 4 is 34.9 Å². The molecule has 0 aliphatic rings. The molecule has 5 nitrogen and oxygen atoms in total. The summed E-state index contributed by atoms with van der Waals surface area (Å²) in [7, 11) is 0. The molecule has 2 aromatic rings. The van der Waals surface area contributed by atoms with Crippen LogP contribution < -0.4 is 5.32 Å². The van der Waals surface area contributed by atoms with E-state index in [1.165, 1.54) is 23.1 Å². The lowest BCUT2D eigenvalue weighted by Gasteiger charge is -2.02. The van der Waals surface area contributed by atoms with Crippen LogP contribution in [-0.2, 0) is 4.79 Å². The highest BCUT2D eigenvalue weighted by Gasteiger charge is 2.10. The van der Waals surface area contributed by atoms with Gasteiger partial charge in [-0.05, 0) is 12.1 Å². The maximum Gasteiger partial charge on any atom is 0.257 e. The highest BCUT2D eigenvalue weighted by atomic mass is 32.2. The fourth-order valence-electron chi connectivity index (χ4n) is 1.18. The van der Waals surface area contributed by atoms with Crippen LogP contribution >= 0.6 is 23.1 Å². The molecule has 0 fully saturated rings. The predicted octanol–water partition coefficient (Wildman–Crippen LogP) is 1.59. The summed E-state index contributed by atoms with van der Waals surface area (Å²) in [5.41, 5.74) is 2.06. The first-order valence-electron chi connectivity index (χ1n) is 5.04. The number of rotatable bonds is 4. The van der Waals surface area contributed by atoms with E-state index < -0.39 is 5.91 Å². The van der Waals surface area contributed by atoms with Gasteiger partial charge in [0.15, 0.2) is 4.34 Å². The minimum atomic E-state index is -0.390. The molecule has 1 aromatic heterocycles. The number of thioether (sulfide) groups is 1. The Morgan fingerprint density at radius 2 is 2.06 bits per heavy atom. The molecule has 0 bridgehead atoms. The number of hydrogen-bond donors (Lipinski definition) is 1. The first kappa shape index (κ1) is 12.7. The van der Waals surface area contributed by atoms with Gasteiger partial charge in [0.1, 0.15) is 5.51 Å². The van der Waals surface area contributed by atoms with Crippen LogP contribution in [-0.4, -0.2) is 27.8 Å². The largest absolute Gasteiger partial charge is 0.292 e. The summed E-state index contributed by atoms with van der Waals surface area (Å²) in [5.74, 6) is -0.587. The molecule has 1 N–H and O–H groups in total. The second-order valence-electron chi connectivity index (χ2n) is 3.24. The van der Waals surface area contributed by atoms with Gasteiger partial charge < -0.3 is 0 Å². The van der Waals surface area contributed by atoms with Gasteiger partial charge in [-0.15, -0.1) is 10.2 Å². The number of aromatic nitrogens is 2. The molecule has 0 aliphatic heterocycles. The Kier molecular flexibility index (Phi) is 4.43. The number of carbonyl (C=O) groups excluding carboxylic acids is 2. The highest BCUT2D eigenvalue weighted by molar-refractivity contribution is 8.01. The average molecular weight is 279 g/mol. The molecule has 7 heteroatoms. The van der Waals surface area contributed by atoms with Crippen molar-refractivity contribution in [3.8, 4) is 0 Å². The molecule has 1 heterocycles. The SMILES string of the molecule is O=C(CSc1nncs1)NC(=O)c1ccccc1. The standard InChI is InChI=1S/C11H9N3O2S2/c15-9(6-17-11-14-12-7-18-11)13-10(16)8-4-2-1-3-5-8/h1-5,7H,6H2,(H,13,15,16). The Morgan fingerprint density at radius 1 is 1.28 bits per heavy atom. The van der Waals surface area contributed by atoms with Crippen molar-refractivity contribution in [1.82, 2.24) is 15.5 Å². The zero-order valence-electron chi connectivity index (χ0n) is 9.20. The van der Waals surface area contributed by atoms with E-state index >= 15 is 0 Å². The van der Waals surface area contributed by atoms with Crippen molar-refractivity contribution < 1.29 is 9.59 Å². The highest BCUT2D eigenvalue weighted by Crippen LogP contribution is 2.18. The third-order valence-electron chi connectivity index (χ3n) is 1.96. The average Bonchev–Trinajstić information content (AvgIpc) is 2.90. The lowest BCUT2D eigenvalue weighted by molar-refractivity contribution is -0.117. The van der Waals surface area contributed by atoms with Gasteiger partial charge in [-0.3, -0.25) is 14.9 Å². The van der Waals surface area contributed by atoms with E-state index in [4.69, 9.17) is 0 Å². The molecule has 0 radical (unpaired) electrons. The number of benzene rings is 1. The van der Waals surface area contributed by atoms with Crippen LogP contribution in [0.25, 0.3) is 0 Å². The van der Waals surface area contributed by atoms with Gasteiger partial charge in [0.05, 0.1) is 5.75 Å². The summed E-state index contributed by atoms with van der Waals surface area (Å²) in [6.07, 6.45) is 0. The van der Waals surface area contributed by atoms with E-state index in [2.05, 4.69) is 15.5 Å². The van der Waals surface area contributed by atoms with Crippen LogP contribution in [0, 0.1) is 0 Å². The zero-order valence-corrected chi connectivity index (χ0v) is 10.8. The van der Waals surface area contributed by atoms with Crippen molar-refractivity contribution in [3.05, 3.63) is 41.4 Å². The van der Waals surface area contributed by atoms with Crippen molar-refractivity contribution in [2.24, 2.45) is 0 Å². The molecule has 0 saturated carbocycles. The van der Waals surface area contributed by atoms with Gasteiger partial charge in [0.2, 0.25) is 5.91 Å². The van der Waals surface area contributed by atoms with Gasteiger partial charge in [0.25, 0.3) is 5.91 Å². The Hall–Kier alpha value is -1.73. The Balaban J connectivity index is 1.83. The van der Waals surface area contributed by atoms with Gasteiger partial charge in [0, 0.05) is 5.56 Å². The predicted molar refractivity (Wildman–Crippen MR) is 69.5 cm³/mol. The number of nitrogens with one attached hydrogen (secondary N) is 1. The van der Waals surface area contributed by atoms with Crippen molar-refractivity contribution in [1.29, 1.82) is 0 Å². The monoisotopic (exact) mass is 279 g/mol. The normalized spacial score (nSPS) is 10.0. The van der Waals surface area contributed by atoms with Crippen molar-refractivity contribution in [2.45, 2.75) is 4.34 Å². The fourth-order valence-corrected chi connectivity index (χ4v) is 2.47. The first-order chi connectivity index (χ1) is 8.75. The summed E-state index contributed by atoms with van der Waals surface area (Å²) >= 11 is 2.61. The summed E-state index contributed by atoms with van der Waals surface area (Å²) in [6, 6.07) is 8.61. The van der Waals surface area contributed by atoms with E-state index in [1.54, 1.807) is 29.8 Å². The molecule has 0 atom stereocenters. The summed E-state index contributed by atoms with van der Waals surface area (Å²) in [4.78, 5) is 23.2. The number of imide groups is 1. The van der Waals surface area contributed by atoms with Crippen molar-refractivity contribution in [3.63, 3.8) is 0 Å². The summed E-state index contributed by atoms with van der Waals surface area (Å²) in [5, 5.41) is 9.77. The van der Waals surface area contributed by atoms with Crippen molar-refractivity contribution in [2.75, 3.05) is 5.75 Å². The molecule has 2 amide bonds. The number of nitrogens with zero attached hydrogens (tertiary/aromatic N) is 2. The van der Waals surface area contributed by atoms with E-state index in [0.717, 1.165) is 0 Å². The van der Waals surface area contributed by atoms with E-state index in [0.29, 0.717) is 9.90 Å². The molecule has 0 unspecified atom stereocenters. The van der Waals surface area contributed by atoms with Gasteiger partial charge in [-0.2, -0.15) is 0 Å². The van der Waals surface area contributed by atoms with Crippen LogP contribution in [0.5, 0.6) is 0 Å². The van der Waals surface area contributed by atoms with E-state index in [-0.39, 0.29) is 11.7 Å². The third kappa shape index (κ3) is 3.64. The number of hydrogen-bond acceptors (Lipinski definition) is 6. The first-order valence-corrected chi connectivity index (χ1v) is 6.90. The minimum absolute atomic E-state index is 0.147. The topological polar surface area (TPSA) is 72.0 Å². The molecule has 1 aromatic carbocycles. The van der Waals surface area contributed by atoms with Gasteiger partial charge >= 0.3 is 0 Å². The van der Waals surface area contributed by atoms with E-state index in [1.807, 2.05) is 6.07 Å². The molecule has 0 aliphatic carbocycles. The smallest absolute Gasteiger partial charge is 0.257 e. The minimum Gasteiger partial charge on any atom is -0.292 e. The maximum absolute atomic E-state index is 11.6. The van der Waals surface area contributed by atoms with Crippen LogP contribution in [0.1, 0.15) is 10.4 Å². The second kappa shape index (κ2) is 6.27. The molecule has 2 rings (SSSR count). The summed E-state index contributed by atoms with van der Waals surface area (Å²) in [6.45, 7) is 0. The number of amides is 2. The lowest BCUT2D eigenvalue weighted by atomic mass is 10.2.